The lowest BCUT2D eigenvalue weighted by Gasteiger charge is -2.16. The molecule has 100 valence electrons. The molecule has 1 aliphatic carbocycles. The van der Waals surface area contributed by atoms with Crippen LogP contribution in [0.4, 0.5) is 5.13 Å². The Morgan fingerprint density at radius 1 is 1.26 bits per heavy atom. The van der Waals surface area contributed by atoms with Crippen LogP contribution in [0.25, 0.3) is 0 Å². The first-order valence-electron chi connectivity index (χ1n) is 5.96. The third-order valence-corrected chi connectivity index (χ3v) is 5.97. The number of benzene rings is 1. The highest BCUT2D eigenvalue weighted by Crippen LogP contribution is 2.28. The molecule has 5 nitrogen and oxygen atoms in total. The number of nitrogens with zero attached hydrogens (tertiary/aromatic N) is 3. The van der Waals surface area contributed by atoms with E-state index >= 15 is 0 Å². The first-order valence-corrected chi connectivity index (χ1v) is 8.28. The summed E-state index contributed by atoms with van der Waals surface area (Å²) in [6.45, 7) is 0. The van der Waals surface area contributed by atoms with Crippen LogP contribution in [0.2, 0.25) is 0 Å². The summed E-state index contributed by atoms with van der Waals surface area (Å²) in [5, 5.41) is 7.84. The first-order chi connectivity index (χ1) is 9.09. The molecule has 1 aromatic carbocycles. The van der Waals surface area contributed by atoms with Crippen molar-refractivity contribution >= 4 is 26.5 Å². The SMILES string of the molecule is CN(c1nncs1)S(=O)(=O)c1ccc2c(c1)CCC2. The van der Waals surface area contributed by atoms with Gasteiger partial charge >= 0.3 is 0 Å². The van der Waals surface area contributed by atoms with Crippen LogP contribution in [0, 0.1) is 0 Å². The van der Waals surface area contributed by atoms with Crippen LogP contribution in [-0.4, -0.2) is 25.7 Å². The molecule has 2 aromatic rings. The minimum absolute atomic E-state index is 0.325. The van der Waals surface area contributed by atoms with E-state index in [1.807, 2.05) is 6.07 Å². The second-order valence-electron chi connectivity index (χ2n) is 4.48. The minimum atomic E-state index is -3.54. The van der Waals surface area contributed by atoms with Gasteiger partial charge in [0.05, 0.1) is 4.90 Å². The molecule has 0 spiro atoms. The van der Waals surface area contributed by atoms with Crippen molar-refractivity contribution in [3.8, 4) is 0 Å². The second-order valence-corrected chi connectivity index (χ2v) is 7.26. The molecule has 0 saturated heterocycles. The average molecular weight is 295 g/mol. The highest BCUT2D eigenvalue weighted by atomic mass is 32.2. The maximum Gasteiger partial charge on any atom is 0.265 e. The quantitative estimate of drug-likeness (QED) is 0.867. The minimum Gasteiger partial charge on any atom is -0.243 e. The maximum absolute atomic E-state index is 12.5. The number of rotatable bonds is 3. The lowest BCUT2D eigenvalue weighted by atomic mass is 10.1. The van der Waals surface area contributed by atoms with Crippen molar-refractivity contribution in [1.82, 2.24) is 10.2 Å². The first kappa shape index (κ1) is 12.6. The summed E-state index contributed by atoms with van der Waals surface area (Å²) >= 11 is 1.20. The van der Waals surface area contributed by atoms with Gasteiger partial charge in [0.2, 0.25) is 5.13 Å². The van der Waals surface area contributed by atoms with Gasteiger partial charge in [-0.2, -0.15) is 0 Å². The molecule has 0 saturated carbocycles. The molecule has 0 bridgehead atoms. The number of aryl methyl sites for hydroxylation is 2. The molecule has 7 heteroatoms. The topological polar surface area (TPSA) is 63.2 Å². The highest BCUT2D eigenvalue weighted by Gasteiger charge is 2.25. The van der Waals surface area contributed by atoms with Gasteiger partial charge in [0, 0.05) is 7.05 Å². The van der Waals surface area contributed by atoms with Crippen LogP contribution in [0.5, 0.6) is 0 Å². The van der Waals surface area contributed by atoms with Gasteiger partial charge in [-0.1, -0.05) is 17.4 Å². The van der Waals surface area contributed by atoms with Gasteiger partial charge < -0.3 is 0 Å². The van der Waals surface area contributed by atoms with Crippen LogP contribution < -0.4 is 4.31 Å². The normalized spacial score (nSPS) is 14.4. The van der Waals surface area contributed by atoms with Gasteiger partial charge in [0.25, 0.3) is 10.0 Å². The summed E-state index contributed by atoms with van der Waals surface area (Å²) in [5.74, 6) is 0. The van der Waals surface area contributed by atoms with Crippen LogP contribution in [0.3, 0.4) is 0 Å². The fourth-order valence-electron chi connectivity index (χ4n) is 2.27. The van der Waals surface area contributed by atoms with Gasteiger partial charge in [-0.05, 0) is 42.5 Å². The number of hydrogen-bond acceptors (Lipinski definition) is 5. The Hall–Kier alpha value is -1.47. The van der Waals surface area contributed by atoms with Crippen molar-refractivity contribution in [3.05, 3.63) is 34.8 Å². The van der Waals surface area contributed by atoms with Gasteiger partial charge in [0.15, 0.2) is 0 Å². The van der Waals surface area contributed by atoms with E-state index in [2.05, 4.69) is 10.2 Å². The molecule has 0 unspecified atom stereocenters. The molecule has 0 aliphatic heterocycles. The second kappa shape index (κ2) is 4.57. The zero-order chi connectivity index (χ0) is 13.5. The van der Waals surface area contributed by atoms with Crippen molar-refractivity contribution < 1.29 is 8.42 Å². The Morgan fingerprint density at radius 3 is 2.79 bits per heavy atom. The van der Waals surface area contributed by atoms with Gasteiger partial charge in [-0.15, -0.1) is 10.2 Å². The smallest absolute Gasteiger partial charge is 0.243 e. The van der Waals surface area contributed by atoms with E-state index in [0.717, 1.165) is 24.8 Å². The summed E-state index contributed by atoms with van der Waals surface area (Å²) in [6, 6.07) is 5.38. The monoisotopic (exact) mass is 295 g/mol. The van der Waals surface area contributed by atoms with E-state index in [4.69, 9.17) is 0 Å². The number of aromatic nitrogens is 2. The molecule has 1 aliphatic rings. The van der Waals surface area contributed by atoms with Gasteiger partial charge in [-0.3, -0.25) is 0 Å². The molecule has 3 rings (SSSR count). The average Bonchev–Trinajstić information content (AvgIpc) is 3.07. The van der Waals surface area contributed by atoms with E-state index in [0.29, 0.717) is 10.0 Å². The Balaban J connectivity index is 2.01. The van der Waals surface area contributed by atoms with Crippen LogP contribution in [0.1, 0.15) is 17.5 Å². The van der Waals surface area contributed by atoms with Crippen molar-refractivity contribution in [2.24, 2.45) is 0 Å². The molecule has 1 heterocycles. The third kappa shape index (κ3) is 2.12. The third-order valence-electron chi connectivity index (χ3n) is 3.35. The molecule has 19 heavy (non-hydrogen) atoms. The Labute approximate surface area is 116 Å². The van der Waals surface area contributed by atoms with Gasteiger partial charge in [-0.25, -0.2) is 12.7 Å². The number of fused-ring (bicyclic) bond motifs is 1. The molecular weight excluding hydrogens is 282 g/mol. The number of hydrogen-bond donors (Lipinski definition) is 0. The summed E-state index contributed by atoms with van der Waals surface area (Å²) < 4.78 is 26.2. The Morgan fingerprint density at radius 2 is 2.05 bits per heavy atom. The summed E-state index contributed by atoms with van der Waals surface area (Å²) in [5.41, 5.74) is 3.92. The predicted molar refractivity (Wildman–Crippen MR) is 74.0 cm³/mol. The van der Waals surface area contributed by atoms with E-state index in [1.165, 1.54) is 33.8 Å². The zero-order valence-electron chi connectivity index (χ0n) is 10.4. The van der Waals surface area contributed by atoms with Crippen LogP contribution >= 0.6 is 11.3 Å². The predicted octanol–water partition coefficient (Wildman–Crippen LogP) is 1.85. The number of anilines is 1. The van der Waals surface area contributed by atoms with E-state index in [9.17, 15) is 8.42 Å². The standard InChI is InChI=1S/C12H13N3O2S2/c1-15(12-14-13-8-18-12)19(16,17)11-6-5-9-3-2-4-10(9)7-11/h5-8H,2-4H2,1H3. The Kier molecular flexibility index (Phi) is 3.02. The maximum atomic E-state index is 12.5. The van der Waals surface area contributed by atoms with E-state index in [1.54, 1.807) is 12.1 Å². The molecular formula is C12H13N3O2S2. The molecule has 0 amide bonds. The summed E-state index contributed by atoms with van der Waals surface area (Å²) in [6.07, 6.45) is 3.11. The zero-order valence-corrected chi connectivity index (χ0v) is 12.0. The largest absolute Gasteiger partial charge is 0.265 e. The van der Waals surface area contributed by atoms with Gasteiger partial charge in [0.1, 0.15) is 5.51 Å². The molecule has 0 N–H and O–H groups in total. The fourth-order valence-corrected chi connectivity index (χ4v) is 4.22. The lowest BCUT2D eigenvalue weighted by molar-refractivity contribution is 0.594. The van der Waals surface area contributed by atoms with Crippen molar-refractivity contribution in [2.75, 3.05) is 11.4 Å². The van der Waals surface area contributed by atoms with Crippen molar-refractivity contribution in [1.29, 1.82) is 0 Å². The van der Waals surface area contributed by atoms with Crippen LogP contribution in [0.15, 0.2) is 28.6 Å². The Bertz CT molecular complexity index is 696. The molecule has 0 fully saturated rings. The lowest BCUT2D eigenvalue weighted by Crippen LogP contribution is -2.26. The summed E-state index contributed by atoms with van der Waals surface area (Å²) in [7, 11) is -2.04. The fraction of sp³-hybridized carbons (Fsp3) is 0.333. The van der Waals surface area contributed by atoms with Crippen molar-refractivity contribution in [3.63, 3.8) is 0 Å². The van der Waals surface area contributed by atoms with Crippen LogP contribution in [-0.2, 0) is 22.9 Å². The summed E-state index contributed by atoms with van der Waals surface area (Å²) in [4.78, 5) is 0.325. The number of sulfonamides is 1. The highest BCUT2D eigenvalue weighted by molar-refractivity contribution is 7.93. The van der Waals surface area contributed by atoms with E-state index in [-0.39, 0.29) is 0 Å². The molecule has 0 atom stereocenters. The van der Waals surface area contributed by atoms with E-state index < -0.39 is 10.0 Å². The van der Waals surface area contributed by atoms with Crippen molar-refractivity contribution in [2.45, 2.75) is 24.2 Å². The molecule has 1 aromatic heterocycles. The molecule has 0 radical (unpaired) electrons.